The molecule has 0 amide bonds. The van der Waals surface area contributed by atoms with Crippen LogP contribution in [0.25, 0.3) is 0 Å². The molecule has 16 heteroatoms. The van der Waals surface area contributed by atoms with Gasteiger partial charge in [0.05, 0.1) is 24.4 Å². The lowest BCUT2D eigenvalue weighted by Gasteiger charge is -2.33. The minimum Gasteiger partial charge on any atom is -0.480 e. The minimum absolute atomic E-state index is 0.0249. The smallest absolute Gasteiger partial charge is 0.325 e. The summed E-state index contributed by atoms with van der Waals surface area (Å²) < 4.78 is 52.8. The Labute approximate surface area is 460 Å². The van der Waals surface area contributed by atoms with E-state index in [-0.39, 0.29) is 35.5 Å². The molecular formula is C62H84F2N6O8. The highest BCUT2D eigenvalue weighted by Crippen LogP contribution is 2.39. The van der Waals surface area contributed by atoms with Crippen molar-refractivity contribution < 1.29 is 47.5 Å². The molecule has 424 valence electrons. The number of unbranched alkanes of at least 4 members (excludes halogenated alkanes) is 2. The van der Waals surface area contributed by atoms with Crippen molar-refractivity contribution in [2.24, 2.45) is 0 Å². The molecule has 0 unspecified atom stereocenters. The number of hydrogen-bond acceptors (Lipinski definition) is 12. The highest BCUT2D eigenvalue weighted by atomic mass is 19.1. The number of likely N-dealkylation sites (tertiary alicyclic amines) is 2. The van der Waals surface area contributed by atoms with Gasteiger partial charge in [0.1, 0.15) is 35.4 Å². The Kier molecular flexibility index (Phi) is 19.5. The molecule has 8 heterocycles. The number of carbonyl (C=O) groups is 2. The number of aromatic nitrogens is 2. The lowest BCUT2D eigenvalue weighted by molar-refractivity contribution is -0.144. The zero-order chi connectivity index (χ0) is 54.8. The van der Waals surface area contributed by atoms with Gasteiger partial charge in [-0.2, -0.15) is 0 Å². The Bertz CT molecular complexity index is 2480. The molecule has 2 aromatic heterocycles. The highest BCUT2D eigenvalue weighted by Gasteiger charge is 2.39. The number of carboxylic acid groups (broad SMARTS) is 2. The van der Waals surface area contributed by atoms with Gasteiger partial charge in [-0.05, 0) is 213 Å². The second-order valence-electron chi connectivity index (χ2n) is 23.8. The molecule has 0 spiro atoms. The Hall–Kier alpha value is -5.10. The van der Waals surface area contributed by atoms with E-state index in [0.717, 1.165) is 150 Å². The Balaban J connectivity index is 0.000000190. The Morgan fingerprint density at radius 1 is 0.628 bits per heavy atom. The van der Waals surface area contributed by atoms with E-state index in [9.17, 15) is 28.6 Å². The van der Waals surface area contributed by atoms with Gasteiger partial charge in [-0.15, -0.1) is 0 Å². The van der Waals surface area contributed by atoms with Crippen molar-refractivity contribution in [3.05, 3.63) is 117 Å². The first-order chi connectivity index (χ1) is 37.6. The van der Waals surface area contributed by atoms with E-state index in [1.807, 2.05) is 9.80 Å². The van der Waals surface area contributed by atoms with Crippen molar-refractivity contribution in [2.75, 3.05) is 63.2 Å². The van der Waals surface area contributed by atoms with Crippen molar-refractivity contribution in [1.29, 1.82) is 0 Å². The molecule has 4 aromatic rings. The summed E-state index contributed by atoms with van der Waals surface area (Å²) in [6, 6.07) is 15.8. The average Bonchev–Trinajstić information content (AvgIpc) is 4.10. The largest absolute Gasteiger partial charge is 0.480 e. The number of anilines is 2. The van der Waals surface area contributed by atoms with Gasteiger partial charge in [0.2, 0.25) is 0 Å². The highest BCUT2D eigenvalue weighted by molar-refractivity contribution is 5.77. The summed E-state index contributed by atoms with van der Waals surface area (Å²) in [7, 11) is 0. The van der Waals surface area contributed by atoms with E-state index in [2.05, 4.69) is 62.6 Å². The van der Waals surface area contributed by atoms with Gasteiger partial charge in [0.25, 0.3) is 0 Å². The van der Waals surface area contributed by atoms with Crippen LogP contribution in [0.15, 0.2) is 60.7 Å². The number of fused-ring (bicyclic) bond motifs is 2. The van der Waals surface area contributed by atoms with Gasteiger partial charge in [-0.25, -0.2) is 18.7 Å². The van der Waals surface area contributed by atoms with Crippen LogP contribution in [-0.2, 0) is 54.2 Å². The Morgan fingerprint density at radius 3 is 1.46 bits per heavy atom. The van der Waals surface area contributed by atoms with E-state index < -0.39 is 35.7 Å². The predicted octanol–water partition coefficient (Wildman–Crippen LogP) is 11.7. The molecule has 0 bridgehead atoms. The molecule has 6 aliphatic heterocycles. The van der Waals surface area contributed by atoms with Crippen LogP contribution < -0.4 is 10.6 Å². The predicted molar refractivity (Wildman–Crippen MR) is 297 cm³/mol. The third-order valence-corrected chi connectivity index (χ3v) is 16.7. The second kappa shape index (κ2) is 26.4. The summed E-state index contributed by atoms with van der Waals surface area (Å²) >= 11 is 0. The average molecular weight is 1080 g/mol. The number of ether oxygens (including phenoxy) is 4. The van der Waals surface area contributed by atoms with Gasteiger partial charge >= 0.3 is 11.9 Å². The number of hydrogen-bond donors (Lipinski definition) is 4. The second-order valence-corrected chi connectivity index (χ2v) is 23.8. The van der Waals surface area contributed by atoms with Crippen LogP contribution in [0.1, 0.15) is 187 Å². The van der Waals surface area contributed by atoms with Crippen molar-refractivity contribution in [2.45, 2.75) is 191 Å². The van der Waals surface area contributed by atoms with E-state index in [4.69, 9.17) is 28.9 Å². The maximum Gasteiger partial charge on any atom is 0.325 e. The van der Waals surface area contributed by atoms with Crippen molar-refractivity contribution >= 4 is 23.6 Å². The van der Waals surface area contributed by atoms with Gasteiger partial charge < -0.3 is 39.8 Å². The fraction of sp³-hybridized carbons (Fsp3) is 0.613. The van der Waals surface area contributed by atoms with Crippen LogP contribution in [0.3, 0.4) is 0 Å². The molecule has 4 fully saturated rings. The third-order valence-electron chi connectivity index (χ3n) is 16.7. The number of benzene rings is 2. The zero-order valence-corrected chi connectivity index (χ0v) is 46.5. The van der Waals surface area contributed by atoms with Gasteiger partial charge in [-0.1, -0.05) is 24.3 Å². The third kappa shape index (κ3) is 15.2. The van der Waals surface area contributed by atoms with Crippen molar-refractivity contribution in [1.82, 2.24) is 19.8 Å². The molecular weight excluding hydrogens is 995 g/mol. The molecule has 78 heavy (non-hydrogen) atoms. The molecule has 14 nitrogen and oxygen atoms in total. The standard InChI is InChI=1S/2C31H42FN3O4/c2*1-31(2)15-13-21-9-11-23(33-29(21)34-31)7-3-5-17-38-24-14-16-35(20-24)28(30(36)37)26-19-22(32)10-12-25(26)27-8-4-6-18-39-27/h2*9-12,19,24,27-28H,3-8,13-18,20H2,1-2H3,(H,33,34)(H,36,37)/t24-,27+,28+;24-,27+,28-/m11/s1. The van der Waals surface area contributed by atoms with Crippen LogP contribution >= 0.6 is 0 Å². The molecule has 6 atom stereocenters. The summed E-state index contributed by atoms with van der Waals surface area (Å²) in [5.74, 6) is -0.722. The van der Waals surface area contributed by atoms with Crippen LogP contribution in [-0.4, -0.2) is 118 Å². The summed E-state index contributed by atoms with van der Waals surface area (Å²) in [5, 5.41) is 27.5. The monoisotopic (exact) mass is 1080 g/mol. The first kappa shape index (κ1) is 57.6. The minimum atomic E-state index is -0.964. The van der Waals surface area contributed by atoms with Gasteiger partial charge in [0.15, 0.2) is 0 Å². The van der Waals surface area contributed by atoms with E-state index in [1.165, 1.54) is 35.4 Å². The first-order valence-electron chi connectivity index (χ1n) is 29.1. The normalized spacial score (nSPS) is 23.7. The van der Waals surface area contributed by atoms with Crippen LogP contribution in [0, 0.1) is 11.6 Å². The molecule has 4 saturated heterocycles. The van der Waals surface area contributed by atoms with E-state index in [0.29, 0.717) is 63.7 Å². The summed E-state index contributed by atoms with van der Waals surface area (Å²) in [5.41, 5.74) is 7.56. The van der Waals surface area contributed by atoms with Crippen LogP contribution in [0.2, 0.25) is 0 Å². The lowest BCUT2D eigenvalue weighted by Crippen LogP contribution is -2.35. The summed E-state index contributed by atoms with van der Waals surface area (Å²) in [4.78, 5) is 38.4. The molecule has 4 N–H and O–H groups in total. The number of pyridine rings is 2. The number of aliphatic carboxylic acids is 2. The van der Waals surface area contributed by atoms with Crippen molar-refractivity contribution in [3.63, 3.8) is 0 Å². The summed E-state index contributed by atoms with van der Waals surface area (Å²) in [6.45, 7) is 13.7. The number of rotatable bonds is 20. The maximum absolute atomic E-state index is 14.3. The fourth-order valence-corrected chi connectivity index (χ4v) is 12.3. The molecule has 0 radical (unpaired) electrons. The molecule has 10 rings (SSSR count). The number of nitrogens with one attached hydrogen (secondary N) is 2. The maximum atomic E-state index is 14.3. The molecule has 0 saturated carbocycles. The van der Waals surface area contributed by atoms with Crippen molar-refractivity contribution in [3.8, 4) is 0 Å². The first-order valence-corrected chi connectivity index (χ1v) is 29.1. The molecule has 6 aliphatic rings. The topological polar surface area (TPSA) is 168 Å². The zero-order valence-electron chi connectivity index (χ0n) is 46.5. The summed E-state index contributed by atoms with van der Waals surface area (Å²) in [6.07, 6.45) is 16.8. The number of halogens is 2. The lowest BCUT2D eigenvalue weighted by atomic mass is 9.91. The Morgan fingerprint density at radius 2 is 1.06 bits per heavy atom. The number of nitrogens with zero attached hydrogens (tertiary/aromatic N) is 4. The van der Waals surface area contributed by atoms with Crippen LogP contribution in [0.4, 0.5) is 20.4 Å². The van der Waals surface area contributed by atoms with Gasteiger partial charge in [-0.3, -0.25) is 19.4 Å². The number of carboxylic acids is 2. The van der Waals surface area contributed by atoms with E-state index >= 15 is 0 Å². The number of aryl methyl sites for hydroxylation is 4. The van der Waals surface area contributed by atoms with Gasteiger partial charge in [0, 0.05) is 75.1 Å². The van der Waals surface area contributed by atoms with Crippen LogP contribution in [0.5, 0.6) is 0 Å². The molecule has 0 aliphatic carbocycles. The molecule has 2 aromatic carbocycles. The quantitative estimate of drug-likeness (QED) is 0.0617. The van der Waals surface area contributed by atoms with E-state index in [1.54, 1.807) is 12.1 Å². The fourth-order valence-electron chi connectivity index (χ4n) is 12.3. The SMILES string of the molecule is CC1(C)CCc2ccc(CCCCO[C@@H]3CCN([C@@H](C(=O)O)c4cc(F)ccc4[C@@H]4CCCCO4)C3)nc2N1.CC1(C)CCc2ccc(CCCCO[C@@H]3CCN([C@H](C(=O)O)c4cc(F)ccc4[C@@H]4CCCCO4)C3)nc2N1.